The van der Waals surface area contributed by atoms with Crippen LogP contribution in [-0.4, -0.2) is 30.4 Å². The first-order chi connectivity index (χ1) is 12.8. The number of hydrogen-bond donors (Lipinski definition) is 2. The van der Waals surface area contributed by atoms with E-state index in [0.29, 0.717) is 11.3 Å². The third-order valence-electron chi connectivity index (χ3n) is 4.16. The Morgan fingerprint density at radius 1 is 0.963 bits per heavy atom. The molecule has 6 heteroatoms. The van der Waals surface area contributed by atoms with Crippen LogP contribution in [0.1, 0.15) is 34.0 Å². The van der Waals surface area contributed by atoms with Gasteiger partial charge in [-0.1, -0.05) is 23.8 Å². The highest BCUT2D eigenvalue weighted by Crippen LogP contribution is 2.10. The van der Waals surface area contributed by atoms with Crippen LogP contribution in [-0.2, 0) is 14.3 Å². The monoisotopic (exact) mass is 368 g/mol. The lowest BCUT2D eigenvalue weighted by molar-refractivity contribution is -0.152. The van der Waals surface area contributed by atoms with Gasteiger partial charge in [0.1, 0.15) is 6.54 Å². The molecule has 0 heterocycles. The number of carbonyl (C=O) groups is 3. The molecule has 142 valence electrons. The molecule has 0 aliphatic rings. The summed E-state index contributed by atoms with van der Waals surface area (Å²) in [6.07, 6.45) is -0.975. The van der Waals surface area contributed by atoms with Gasteiger partial charge in [-0.05, 0) is 63.1 Å². The summed E-state index contributed by atoms with van der Waals surface area (Å²) in [4.78, 5) is 36.1. The zero-order valence-corrected chi connectivity index (χ0v) is 16.0. The molecule has 2 rings (SSSR count). The molecule has 0 aromatic heterocycles. The minimum atomic E-state index is -0.975. The standard InChI is InChI=1S/C21H24N2O4/c1-13-5-9-18(10-6-13)23-20(25)16(4)27-19(24)12-22-21(26)17-8-7-14(2)15(3)11-17/h5-11,16H,12H2,1-4H3,(H,22,26)(H,23,25)/t16-/m0/s1. The van der Waals surface area contributed by atoms with Gasteiger partial charge in [0.15, 0.2) is 6.10 Å². The van der Waals surface area contributed by atoms with E-state index in [1.165, 1.54) is 6.92 Å². The fourth-order valence-corrected chi connectivity index (χ4v) is 2.31. The molecule has 2 aromatic carbocycles. The molecule has 0 aliphatic carbocycles. The van der Waals surface area contributed by atoms with Gasteiger partial charge >= 0.3 is 5.97 Å². The average Bonchev–Trinajstić information content (AvgIpc) is 2.63. The second-order valence-corrected chi connectivity index (χ2v) is 6.47. The third kappa shape index (κ3) is 5.95. The number of carbonyl (C=O) groups excluding carboxylic acids is 3. The Balaban J connectivity index is 1.81. The van der Waals surface area contributed by atoms with Crippen LogP contribution in [0.15, 0.2) is 42.5 Å². The molecule has 6 nitrogen and oxygen atoms in total. The van der Waals surface area contributed by atoms with Crippen molar-refractivity contribution in [2.24, 2.45) is 0 Å². The summed E-state index contributed by atoms with van der Waals surface area (Å²) in [5.41, 5.74) is 4.24. The minimum absolute atomic E-state index is 0.312. The number of esters is 1. The van der Waals surface area contributed by atoms with E-state index < -0.39 is 18.0 Å². The molecule has 2 amide bonds. The lowest BCUT2D eigenvalue weighted by Gasteiger charge is -2.14. The van der Waals surface area contributed by atoms with E-state index in [1.54, 1.807) is 24.3 Å². The number of nitrogens with one attached hydrogen (secondary N) is 2. The Morgan fingerprint density at radius 3 is 2.26 bits per heavy atom. The van der Waals surface area contributed by atoms with Gasteiger partial charge in [0.2, 0.25) is 0 Å². The Kier molecular flexibility index (Phi) is 6.71. The molecule has 0 spiro atoms. The Morgan fingerprint density at radius 2 is 1.63 bits per heavy atom. The van der Waals surface area contributed by atoms with Crippen LogP contribution >= 0.6 is 0 Å². The van der Waals surface area contributed by atoms with E-state index in [0.717, 1.165) is 16.7 Å². The Hall–Kier alpha value is -3.15. The molecule has 0 saturated heterocycles. The predicted octanol–water partition coefficient (Wildman–Crippen LogP) is 2.91. The molecule has 1 atom stereocenters. The molecule has 27 heavy (non-hydrogen) atoms. The number of benzene rings is 2. The van der Waals surface area contributed by atoms with Crippen molar-refractivity contribution in [3.8, 4) is 0 Å². The fraction of sp³-hybridized carbons (Fsp3) is 0.286. The van der Waals surface area contributed by atoms with E-state index >= 15 is 0 Å². The van der Waals surface area contributed by atoms with Gasteiger partial charge < -0.3 is 15.4 Å². The maximum absolute atomic E-state index is 12.1. The molecule has 0 radical (unpaired) electrons. The van der Waals surface area contributed by atoms with E-state index in [2.05, 4.69) is 10.6 Å². The molecule has 2 aromatic rings. The predicted molar refractivity (Wildman–Crippen MR) is 104 cm³/mol. The number of ether oxygens (including phenoxy) is 1. The number of aryl methyl sites for hydroxylation is 3. The van der Waals surface area contributed by atoms with Crippen molar-refractivity contribution < 1.29 is 19.1 Å². The van der Waals surface area contributed by atoms with Gasteiger partial charge in [0.05, 0.1) is 0 Å². The summed E-state index contributed by atoms with van der Waals surface area (Å²) < 4.78 is 5.07. The smallest absolute Gasteiger partial charge is 0.326 e. The SMILES string of the molecule is Cc1ccc(NC(=O)[C@H](C)OC(=O)CNC(=O)c2ccc(C)c(C)c2)cc1. The van der Waals surface area contributed by atoms with Gasteiger partial charge in [0.25, 0.3) is 11.8 Å². The summed E-state index contributed by atoms with van der Waals surface area (Å²) in [5, 5.41) is 5.17. The lowest BCUT2D eigenvalue weighted by Crippen LogP contribution is -2.35. The quantitative estimate of drug-likeness (QED) is 0.768. The van der Waals surface area contributed by atoms with Crippen LogP contribution in [0.4, 0.5) is 5.69 Å². The largest absolute Gasteiger partial charge is 0.451 e. The topological polar surface area (TPSA) is 84.5 Å². The average molecular weight is 368 g/mol. The first kappa shape index (κ1) is 20.2. The molecular weight excluding hydrogens is 344 g/mol. The Bertz CT molecular complexity index is 844. The highest BCUT2D eigenvalue weighted by Gasteiger charge is 2.18. The summed E-state index contributed by atoms with van der Waals surface area (Å²) in [6.45, 7) is 6.98. The van der Waals surface area contributed by atoms with Crippen LogP contribution < -0.4 is 10.6 Å². The summed E-state index contributed by atoms with van der Waals surface area (Å²) in [5.74, 6) is -1.49. The van der Waals surface area contributed by atoms with Gasteiger partial charge in [0, 0.05) is 11.3 Å². The Labute approximate surface area is 158 Å². The molecule has 2 N–H and O–H groups in total. The van der Waals surface area contributed by atoms with Crippen LogP contribution in [0.2, 0.25) is 0 Å². The molecular formula is C21H24N2O4. The maximum Gasteiger partial charge on any atom is 0.326 e. The zero-order valence-electron chi connectivity index (χ0n) is 16.0. The van der Waals surface area contributed by atoms with Crippen molar-refractivity contribution in [1.82, 2.24) is 5.32 Å². The first-order valence-corrected chi connectivity index (χ1v) is 8.68. The van der Waals surface area contributed by atoms with Crippen molar-refractivity contribution in [2.75, 3.05) is 11.9 Å². The van der Waals surface area contributed by atoms with E-state index in [1.807, 2.05) is 39.0 Å². The summed E-state index contributed by atoms with van der Waals surface area (Å²) >= 11 is 0. The van der Waals surface area contributed by atoms with Crippen molar-refractivity contribution >= 4 is 23.5 Å². The molecule has 0 unspecified atom stereocenters. The van der Waals surface area contributed by atoms with Crippen molar-refractivity contribution in [3.05, 3.63) is 64.7 Å². The van der Waals surface area contributed by atoms with Gasteiger partial charge in [-0.25, -0.2) is 0 Å². The van der Waals surface area contributed by atoms with E-state index in [4.69, 9.17) is 4.74 Å². The fourth-order valence-electron chi connectivity index (χ4n) is 2.31. The number of anilines is 1. The number of amides is 2. The lowest BCUT2D eigenvalue weighted by atomic mass is 10.1. The molecule has 0 fully saturated rings. The van der Waals surface area contributed by atoms with Crippen LogP contribution in [0, 0.1) is 20.8 Å². The van der Waals surface area contributed by atoms with Crippen molar-refractivity contribution in [1.29, 1.82) is 0 Å². The first-order valence-electron chi connectivity index (χ1n) is 8.68. The normalized spacial score (nSPS) is 11.4. The van der Waals surface area contributed by atoms with Crippen LogP contribution in [0.3, 0.4) is 0 Å². The molecule has 0 aliphatic heterocycles. The molecule has 0 saturated carbocycles. The molecule has 0 bridgehead atoms. The van der Waals surface area contributed by atoms with E-state index in [-0.39, 0.29) is 12.5 Å². The van der Waals surface area contributed by atoms with Gasteiger partial charge in [-0.3, -0.25) is 14.4 Å². The highest BCUT2D eigenvalue weighted by atomic mass is 16.5. The van der Waals surface area contributed by atoms with Gasteiger partial charge in [-0.15, -0.1) is 0 Å². The number of hydrogen-bond acceptors (Lipinski definition) is 4. The highest BCUT2D eigenvalue weighted by molar-refractivity contribution is 5.97. The van der Waals surface area contributed by atoms with Crippen molar-refractivity contribution in [3.63, 3.8) is 0 Å². The second kappa shape index (κ2) is 8.98. The third-order valence-corrected chi connectivity index (χ3v) is 4.16. The van der Waals surface area contributed by atoms with Gasteiger partial charge in [-0.2, -0.15) is 0 Å². The van der Waals surface area contributed by atoms with Crippen LogP contribution in [0.25, 0.3) is 0 Å². The summed E-state index contributed by atoms with van der Waals surface area (Å²) in [7, 11) is 0. The minimum Gasteiger partial charge on any atom is -0.451 e. The maximum atomic E-state index is 12.1. The number of rotatable bonds is 6. The zero-order chi connectivity index (χ0) is 20.0. The van der Waals surface area contributed by atoms with Crippen molar-refractivity contribution in [2.45, 2.75) is 33.8 Å². The van der Waals surface area contributed by atoms with E-state index in [9.17, 15) is 14.4 Å². The van der Waals surface area contributed by atoms with Crippen LogP contribution in [0.5, 0.6) is 0 Å². The second-order valence-electron chi connectivity index (χ2n) is 6.47. The summed E-state index contributed by atoms with van der Waals surface area (Å²) in [6, 6.07) is 12.6.